The number of ether oxygens (including phenoxy) is 1. The first-order valence-corrected chi connectivity index (χ1v) is 7.62. The first kappa shape index (κ1) is 15.0. The van der Waals surface area contributed by atoms with Crippen LogP contribution in [-0.2, 0) is 0 Å². The molecule has 0 saturated heterocycles. The van der Waals surface area contributed by atoms with Crippen molar-refractivity contribution in [3.8, 4) is 5.75 Å². The molecule has 1 saturated carbocycles. The number of methoxy groups -OCH3 is 1. The van der Waals surface area contributed by atoms with Crippen LogP contribution in [-0.4, -0.2) is 36.4 Å². The lowest BCUT2D eigenvalue weighted by Gasteiger charge is -2.39. The third-order valence-corrected chi connectivity index (χ3v) is 4.57. The number of carbonyl (C=O) groups is 1. The number of hydrogen-bond donors (Lipinski definition) is 0. The van der Waals surface area contributed by atoms with Gasteiger partial charge in [0.25, 0.3) is 0 Å². The molecule has 0 unspecified atom stereocenters. The standard InChI is InChI=1S/C17H25NO2/c1-4-18(5-2)17(12-8-9-13-17)16(19)14-10-6-7-11-15(14)20-3/h6-7,10-11H,4-5,8-9,12-13H2,1-3H3. The van der Waals surface area contributed by atoms with E-state index in [4.69, 9.17) is 4.74 Å². The maximum Gasteiger partial charge on any atom is 0.186 e. The van der Waals surface area contributed by atoms with Crippen molar-refractivity contribution in [1.82, 2.24) is 4.90 Å². The molecule has 0 radical (unpaired) electrons. The number of rotatable bonds is 6. The summed E-state index contributed by atoms with van der Waals surface area (Å²) < 4.78 is 5.38. The van der Waals surface area contributed by atoms with Gasteiger partial charge in [0.15, 0.2) is 5.78 Å². The van der Waals surface area contributed by atoms with Crippen LogP contribution in [0.1, 0.15) is 49.9 Å². The van der Waals surface area contributed by atoms with E-state index in [9.17, 15) is 4.79 Å². The number of Topliss-reactive ketones (excluding diaryl/α,β-unsaturated/α-hetero) is 1. The molecule has 3 nitrogen and oxygen atoms in total. The molecule has 1 aliphatic rings. The van der Waals surface area contributed by atoms with Crippen LogP contribution in [0.2, 0.25) is 0 Å². The largest absolute Gasteiger partial charge is 0.496 e. The lowest BCUT2D eigenvalue weighted by molar-refractivity contribution is 0.0581. The average Bonchev–Trinajstić information content (AvgIpc) is 2.98. The van der Waals surface area contributed by atoms with E-state index in [0.29, 0.717) is 5.75 Å². The van der Waals surface area contributed by atoms with E-state index in [-0.39, 0.29) is 11.3 Å². The van der Waals surface area contributed by atoms with Crippen molar-refractivity contribution >= 4 is 5.78 Å². The van der Waals surface area contributed by atoms with E-state index < -0.39 is 0 Å². The van der Waals surface area contributed by atoms with Crippen LogP contribution >= 0.6 is 0 Å². The maximum atomic E-state index is 13.2. The monoisotopic (exact) mass is 275 g/mol. The number of para-hydroxylation sites is 1. The van der Waals surface area contributed by atoms with E-state index in [1.807, 2.05) is 24.3 Å². The Morgan fingerprint density at radius 1 is 1.20 bits per heavy atom. The summed E-state index contributed by atoms with van der Waals surface area (Å²) in [6, 6.07) is 7.60. The summed E-state index contributed by atoms with van der Waals surface area (Å²) in [6.45, 7) is 6.10. The molecule has 20 heavy (non-hydrogen) atoms. The van der Waals surface area contributed by atoms with Gasteiger partial charge in [-0.25, -0.2) is 0 Å². The normalized spacial score (nSPS) is 17.4. The number of nitrogens with zero attached hydrogens (tertiary/aromatic N) is 1. The zero-order valence-electron chi connectivity index (χ0n) is 12.8. The number of ketones is 1. The van der Waals surface area contributed by atoms with Gasteiger partial charge in [-0.3, -0.25) is 9.69 Å². The van der Waals surface area contributed by atoms with E-state index in [0.717, 1.165) is 44.3 Å². The first-order valence-electron chi connectivity index (χ1n) is 7.62. The van der Waals surface area contributed by atoms with Gasteiger partial charge in [0, 0.05) is 0 Å². The van der Waals surface area contributed by atoms with Gasteiger partial charge in [-0.05, 0) is 38.1 Å². The fourth-order valence-electron chi connectivity index (χ4n) is 3.56. The van der Waals surface area contributed by atoms with Gasteiger partial charge >= 0.3 is 0 Å². The van der Waals surface area contributed by atoms with Crippen LogP contribution in [0.5, 0.6) is 5.75 Å². The summed E-state index contributed by atoms with van der Waals surface area (Å²) >= 11 is 0. The number of benzene rings is 1. The average molecular weight is 275 g/mol. The molecule has 1 aromatic rings. The fraction of sp³-hybridized carbons (Fsp3) is 0.588. The van der Waals surface area contributed by atoms with Crippen molar-refractivity contribution in [1.29, 1.82) is 0 Å². The predicted molar refractivity (Wildman–Crippen MR) is 81.4 cm³/mol. The van der Waals surface area contributed by atoms with Crippen LogP contribution < -0.4 is 4.74 Å². The molecular formula is C17H25NO2. The summed E-state index contributed by atoms with van der Waals surface area (Å²) in [7, 11) is 1.63. The van der Waals surface area contributed by atoms with E-state index in [2.05, 4.69) is 18.7 Å². The van der Waals surface area contributed by atoms with Gasteiger partial charge in [-0.2, -0.15) is 0 Å². The number of likely N-dealkylation sites (N-methyl/N-ethyl adjacent to an activating group) is 1. The first-order chi connectivity index (χ1) is 9.69. The van der Waals surface area contributed by atoms with Gasteiger partial charge in [0.1, 0.15) is 5.75 Å². The van der Waals surface area contributed by atoms with Crippen LogP contribution in [0.25, 0.3) is 0 Å². The summed E-state index contributed by atoms with van der Waals surface area (Å²) in [5.41, 5.74) is 0.404. The SMILES string of the molecule is CCN(CC)C1(C(=O)c2ccccc2OC)CCCC1. The summed E-state index contributed by atoms with van der Waals surface area (Å²) in [4.78, 5) is 15.5. The zero-order valence-corrected chi connectivity index (χ0v) is 12.8. The minimum Gasteiger partial charge on any atom is -0.496 e. The van der Waals surface area contributed by atoms with Gasteiger partial charge in [0.05, 0.1) is 18.2 Å². The third kappa shape index (κ3) is 2.47. The fourth-order valence-corrected chi connectivity index (χ4v) is 3.56. The van der Waals surface area contributed by atoms with Gasteiger partial charge in [0.2, 0.25) is 0 Å². The second-order valence-corrected chi connectivity index (χ2v) is 5.44. The maximum absolute atomic E-state index is 13.2. The highest BCUT2D eigenvalue weighted by Crippen LogP contribution is 2.39. The van der Waals surface area contributed by atoms with Crippen molar-refractivity contribution in [3.63, 3.8) is 0 Å². The Hall–Kier alpha value is -1.35. The van der Waals surface area contributed by atoms with Gasteiger partial charge in [-0.15, -0.1) is 0 Å². The van der Waals surface area contributed by atoms with Crippen molar-refractivity contribution in [3.05, 3.63) is 29.8 Å². The molecule has 110 valence electrons. The predicted octanol–water partition coefficient (Wildman–Crippen LogP) is 3.53. The lowest BCUT2D eigenvalue weighted by Crippen LogP contribution is -2.52. The van der Waals surface area contributed by atoms with Crippen molar-refractivity contribution in [2.45, 2.75) is 45.1 Å². The second-order valence-electron chi connectivity index (χ2n) is 5.44. The number of carbonyl (C=O) groups excluding carboxylic acids is 1. The Morgan fingerprint density at radius 2 is 1.80 bits per heavy atom. The van der Waals surface area contributed by atoms with Crippen LogP contribution in [0, 0.1) is 0 Å². The van der Waals surface area contributed by atoms with Crippen LogP contribution in [0.15, 0.2) is 24.3 Å². The molecule has 0 atom stereocenters. The Morgan fingerprint density at radius 3 is 2.35 bits per heavy atom. The highest BCUT2D eigenvalue weighted by atomic mass is 16.5. The smallest absolute Gasteiger partial charge is 0.186 e. The Balaban J connectivity index is 2.41. The van der Waals surface area contributed by atoms with E-state index in [1.165, 1.54) is 0 Å². The Labute approximate surface area is 121 Å². The van der Waals surface area contributed by atoms with Gasteiger partial charge in [-0.1, -0.05) is 38.8 Å². The summed E-state index contributed by atoms with van der Waals surface area (Å²) in [5.74, 6) is 0.923. The molecule has 0 bridgehead atoms. The van der Waals surface area contributed by atoms with E-state index in [1.54, 1.807) is 7.11 Å². The molecule has 0 spiro atoms. The third-order valence-electron chi connectivity index (χ3n) is 4.57. The van der Waals surface area contributed by atoms with Gasteiger partial charge < -0.3 is 4.74 Å². The molecule has 1 fully saturated rings. The highest BCUT2D eigenvalue weighted by Gasteiger charge is 2.45. The molecule has 3 heteroatoms. The molecule has 0 aliphatic heterocycles. The molecule has 1 aromatic carbocycles. The van der Waals surface area contributed by atoms with E-state index >= 15 is 0 Å². The molecule has 1 aliphatic carbocycles. The molecule has 0 N–H and O–H groups in total. The molecule has 0 aromatic heterocycles. The van der Waals surface area contributed by atoms with Crippen LogP contribution in [0.4, 0.5) is 0 Å². The van der Waals surface area contributed by atoms with Crippen molar-refractivity contribution in [2.24, 2.45) is 0 Å². The topological polar surface area (TPSA) is 29.5 Å². The molecular weight excluding hydrogens is 250 g/mol. The summed E-state index contributed by atoms with van der Waals surface area (Å²) in [6.07, 6.45) is 4.20. The summed E-state index contributed by atoms with van der Waals surface area (Å²) in [5, 5.41) is 0. The quantitative estimate of drug-likeness (QED) is 0.744. The minimum absolute atomic E-state index is 0.233. The minimum atomic E-state index is -0.321. The molecule has 0 amide bonds. The second kappa shape index (κ2) is 6.40. The lowest BCUT2D eigenvalue weighted by atomic mass is 9.85. The Bertz CT molecular complexity index is 460. The molecule has 0 heterocycles. The Kier molecular flexibility index (Phi) is 4.81. The van der Waals surface area contributed by atoms with Crippen molar-refractivity contribution in [2.75, 3.05) is 20.2 Å². The zero-order chi connectivity index (χ0) is 14.6. The molecule has 2 rings (SSSR count). The van der Waals surface area contributed by atoms with Crippen molar-refractivity contribution < 1.29 is 9.53 Å². The van der Waals surface area contributed by atoms with Crippen LogP contribution in [0.3, 0.4) is 0 Å². The highest BCUT2D eigenvalue weighted by molar-refractivity contribution is 6.05. The number of hydrogen-bond acceptors (Lipinski definition) is 3.